The summed E-state index contributed by atoms with van der Waals surface area (Å²) in [5.41, 5.74) is 1.20. The van der Waals surface area contributed by atoms with Crippen molar-refractivity contribution in [1.82, 2.24) is 0 Å². The van der Waals surface area contributed by atoms with Crippen LogP contribution in [0, 0.1) is 5.41 Å². The summed E-state index contributed by atoms with van der Waals surface area (Å²) in [5, 5.41) is 9.39. The predicted octanol–water partition coefficient (Wildman–Crippen LogP) is 3.77. The highest BCUT2D eigenvalue weighted by atomic mass is 35.5. The van der Waals surface area contributed by atoms with Crippen LogP contribution in [0.5, 0.6) is 0 Å². The van der Waals surface area contributed by atoms with Crippen LogP contribution in [0.25, 0.3) is 0 Å². The van der Waals surface area contributed by atoms with Crippen molar-refractivity contribution < 1.29 is 9.90 Å². The lowest BCUT2D eigenvalue weighted by atomic mass is 9.82. The van der Waals surface area contributed by atoms with E-state index in [1.54, 1.807) is 0 Å². The standard InChI is InChI=1S/C13H17ClO2/c1-13(2,8-7-12(15)16)9-10-3-5-11(14)6-4-10/h3-6H,7-9H2,1-2H3,(H,15,16). The van der Waals surface area contributed by atoms with Gasteiger partial charge in [-0.2, -0.15) is 0 Å². The van der Waals surface area contributed by atoms with Gasteiger partial charge in [-0.15, -0.1) is 0 Å². The molecule has 1 aromatic rings. The third kappa shape index (κ3) is 4.67. The van der Waals surface area contributed by atoms with E-state index >= 15 is 0 Å². The van der Waals surface area contributed by atoms with Crippen molar-refractivity contribution in [1.29, 1.82) is 0 Å². The Bertz CT molecular complexity index is 355. The maximum atomic E-state index is 10.5. The molecule has 1 N–H and O–H groups in total. The molecule has 0 aliphatic heterocycles. The van der Waals surface area contributed by atoms with Gasteiger partial charge >= 0.3 is 5.97 Å². The van der Waals surface area contributed by atoms with E-state index in [0.717, 1.165) is 11.4 Å². The molecule has 0 saturated heterocycles. The lowest BCUT2D eigenvalue weighted by molar-refractivity contribution is -0.137. The smallest absolute Gasteiger partial charge is 0.303 e. The van der Waals surface area contributed by atoms with Gasteiger partial charge in [-0.05, 0) is 36.0 Å². The van der Waals surface area contributed by atoms with Crippen LogP contribution in [-0.2, 0) is 11.2 Å². The average Bonchev–Trinajstić information content (AvgIpc) is 2.19. The van der Waals surface area contributed by atoms with E-state index in [9.17, 15) is 4.79 Å². The number of halogens is 1. The van der Waals surface area contributed by atoms with E-state index < -0.39 is 5.97 Å². The van der Waals surface area contributed by atoms with Crippen molar-refractivity contribution in [2.75, 3.05) is 0 Å². The largest absolute Gasteiger partial charge is 0.481 e. The monoisotopic (exact) mass is 240 g/mol. The third-order valence-corrected chi connectivity index (χ3v) is 2.86. The quantitative estimate of drug-likeness (QED) is 0.851. The number of carboxylic acid groups (broad SMARTS) is 1. The summed E-state index contributed by atoms with van der Waals surface area (Å²) < 4.78 is 0. The maximum Gasteiger partial charge on any atom is 0.303 e. The van der Waals surface area contributed by atoms with Gasteiger partial charge in [0.25, 0.3) is 0 Å². The van der Waals surface area contributed by atoms with Crippen LogP contribution in [0.15, 0.2) is 24.3 Å². The number of hydrogen-bond donors (Lipinski definition) is 1. The molecule has 0 spiro atoms. The Morgan fingerprint density at radius 3 is 2.38 bits per heavy atom. The van der Waals surface area contributed by atoms with E-state index in [4.69, 9.17) is 16.7 Å². The zero-order valence-electron chi connectivity index (χ0n) is 9.66. The van der Waals surface area contributed by atoms with Crippen molar-refractivity contribution in [2.45, 2.75) is 33.1 Å². The third-order valence-electron chi connectivity index (χ3n) is 2.61. The number of carbonyl (C=O) groups is 1. The Morgan fingerprint density at radius 1 is 1.31 bits per heavy atom. The molecule has 2 nitrogen and oxygen atoms in total. The normalized spacial score (nSPS) is 11.4. The fraction of sp³-hybridized carbons (Fsp3) is 0.462. The molecule has 0 aromatic heterocycles. The molecule has 88 valence electrons. The van der Waals surface area contributed by atoms with E-state index in [1.165, 1.54) is 5.56 Å². The summed E-state index contributed by atoms with van der Waals surface area (Å²) in [5.74, 6) is -0.732. The molecular formula is C13H17ClO2. The molecule has 0 fully saturated rings. The Balaban J connectivity index is 2.57. The summed E-state index contributed by atoms with van der Waals surface area (Å²) in [6.07, 6.45) is 1.78. The zero-order valence-corrected chi connectivity index (χ0v) is 10.4. The van der Waals surface area contributed by atoms with Gasteiger partial charge in [-0.1, -0.05) is 37.6 Å². The number of carboxylic acids is 1. The van der Waals surface area contributed by atoms with Gasteiger partial charge in [0.1, 0.15) is 0 Å². The van der Waals surface area contributed by atoms with Crippen LogP contribution in [0.4, 0.5) is 0 Å². The summed E-state index contributed by atoms with van der Waals surface area (Å²) in [4.78, 5) is 10.5. The fourth-order valence-electron chi connectivity index (χ4n) is 1.69. The zero-order chi connectivity index (χ0) is 12.2. The summed E-state index contributed by atoms with van der Waals surface area (Å²) in [7, 11) is 0. The lowest BCUT2D eigenvalue weighted by Gasteiger charge is -2.23. The van der Waals surface area contributed by atoms with Crippen LogP contribution in [0.2, 0.25) is 5.02 Å². The first-order valence-electron chi connectivity index (χ1n) is 5.35. The van der Waals surface area contributed by atoms with Crippen molar-refractivity contribution in [3.8, 4) is 0 Å². The van der Waals surface area contributed by atoms with Gasteiger partial charge in [-0.3, -0.25) is 4.79 Å². The van der Waals surface area contributed by atoms with Gasteiger partial charge in [-0.25, -0.2) is 0 Å². The first kappa shape index (κ1) is 13.0. The highest BCUT2D eigenvalue weighted by Crippen LogP contribution is 2.27. The summed E-state index contributed by atoms with van der Waals surface area (Å²) in [6, 6.07) is 7.71. The van der Waals surface area contributed by atoms with Gasteiger partial charge in [0.15, 0.2) is 0 Å². The molecule has 0 unspecified atom stereocenters. The van der Waals surface area contributed by atoms with E-state index in [1.807, 2.05) is 24.3 Å². The minimum atomic E-state index is -0.732. The molecule has 0 aliphatic carbocycles. The van der Waals surface area contributed by atoms with Crippen molar-refractivity contribution in [3.05, 3.63) is 34.9 Å². The molecule has 0 heterocycles. The van der Waals surface area contributed by atoms with E-state index in [2.05, 4.69) is 13.8 Å². The van der Waals surface area contributed by atoms with Crippen molar-refractivity contribution in [3.63, 3.8) is 0 Å². The van der Waals surface area contributed by atoms with Crippen molar-refractivity contribution >= 4 is 17.6 Å². The molecule has 0 amide bonds. The Kier molecular flexibility index (Phi) is 4.36. The average molecular weight is 241 g/mol. The predicted molar refractivity (Wildman–Crippen MR) is 65.8 cm³/mol. The fourth-order valence-corrected chi connectivity index (χ4v) is 1.81. The number of aliphatic carboxylic acids is 1. The van der Waals surface area contributed by atoms with Crippen LogP contribution in [0.1, 0.15) is 32.3 Å². The second-order valence-corrected chi connectivity index (χ2v) is 5.30. The van der Waals surface area contributed by atoms with Gasteiger partial charge in [0.2, 0.25) is 0 Å². The molecule has 0 aliphatic rings. The maximum absolute atomic E-state index is 10.5. The summed E-state index contributed by atoms with van der Waals surface area (Å²) in [6.45, 7) is 4.18. The van der Waals surface area contributed by atoms with Gasteiger partial charge in [0.05, 0.1) is 0 Å². The van der Waals surface area contributed by atoms with Gasteiger partial charge in [0, 0.05) is 11.4 Å². The molecule has 1 rings (SSSR count). The van der Waals surface area contributed by atoms with Crippen LogP contribution >= 0.6 is 11.6 Å². The first-order chi connectivity index (χ1) is 7.39. The molecule has 0 bridgehead atoms. The second-order valence-electron chi connectivity index (χ2n) is 4.86. The molecule has 0 atom stereocenters. The van der Waals surface area contributed by atoms with E-state index in [0.29, 0.717) is 6.42 Å². The van der Waals surface area contributed by atoms with Crippen LogP contribution in [0.3, 0.4) is 0 Å². The Hall–Kier alpha value is -1.02. The molecule has 0 saturated carbocycles. The lowest BCUT2D eigenvalue weighted by Crippen LogP contribution is -2.16. The Labute approximate surface area is 101 Å². The summed E-state index contributed by atoms with van der Waals surface area (Å²) >= 11 is 5.81. The minimum Gasteiger partial charge on any atom is -0.481 e. The highest BCUT2D eigenvalue weighted by molar-refractivity contribution is 6.30. The molecular weight excluding hydrogens is 224 g/mol. The number of hydrogen-bond acceptors (Lipinski definition) is 1. The van der Waals surface area contributed by atoms with Crippen molar-refractivity contribution in [2.24, 2.45) is 5.41 Å². The first-order valence-corrected chi connectivity index (χ1v) is 5.73. The molecule has 0 radical (unpaired) electrons. The number of rotatable bonds is 5. The van der Waals surface area contributed by atoms with Crippen LogP contribution in [-0.4, -0.2) is 11.1 Å². The van der Waals surface area contributed by atoms with Crippen LogP contribution < -0.4 is 0 Å². The number of benzene rings is 1. The SMILES string of the molecule is CC(C)(CCC(=O)O)Cc1ccc(Cl)cc1. The highest BCUT2D eigenvalue weighted by Gasteiger charge is 2.19. The van der Waals surface area contributed by atoms with Gasteiger partial charge < -0.3 is 5.11 Å². The Morgan fingerprint density at radius 2 is 1.88 bits per heavy atom. The molecule has 3 heteroatoms. The molecule has 16 heavy (non-hydrogen) atoms. The van der Waals surface area contributed by atoms with E-state index in [-0.39, 0.29) is 11.8 Å². The second kappa shape index (κ2) is 5.35. The minimum absolute atomic E-state index is 0.00617. The topological polar surface area (TPSA) is 37.3 Å². The molecule has 1 aromatic carbocycles.